The molecule has 4 fully saturated rings. The molecule has 0 aromatic heterocycles. The van der Waals surface area contributed by atoms with Crippen molar-refractivity contribution in [2.24, 2.45) is 15.7 Å². The number of nitrogens with two attached hydrogens (primary N) is 1. The van der Waals surface area contributed by atoms with E-state index in [1.165, 1.54) is 51.4 Å². The van der Waals surface area contributed by atoms with E-state index < -0.39 is 0 Å². The molecule has 9 heteroatoms. The number of hydrogen-bond donors (Lipinski definition) is 1. The molecule has 0 unspecified atom stereocenters. The van der Waals surface area contributed by atoms with Gasteiger partial charge in [-0.15, -0.1) is 0 Å². The maximum Gasteiger partial charge on any atom is 0.229 e. The minimum absolute atomic E-state index is 0.134. The van der Waals surface area contributed by atoms with Gasteiger partial charge in [0, 0.05) is 47.3 Å². The Kier molecular flexibility index (Phi) is 15.2. The zero-order valence-electron chi connectivity index (χ0n) is 35.7. The Morgan fingerprint density at radius 2 is 1.00 bits per heavy atom. The van der Waals surface area contributed by atoms with Crippen LogP contribution in [0.3, 0.4) is 0 Å². The van der Waals surface area contributed by atoms with Gasteiger partial charge in [-0.3, -0.25) is 9.68 Å². The molecule has 0 amide bonds. The Labute approximate surface area is 320 Å². The van der Waals surface area contributed by atoms with Crippen LogP contribution in [-0.2, 0) is 9.68 Å². The highest BCUT2D eigenvalue weighted by Gasteiger charge is 2.51. The van der Waals surface area contributed by atoms with E-state index in [1.54, 1.807) is 0 Å². The van der Waals surface area contributed by atoms with Crippen LogP contribution in [0.1, 0.15) is 192 Å². The number of hydroxylamine groups is 4. The molecule has 0 radical (unpaired) electrons. The van der Waals surface area contributed by atoms with Crippen molar-refractivity contribution in [2.45, 2.75) is 238 Å². The van der Waals surface area contributed by atoms with Crippen LogP contribution < -0.4 is 5.73 Å². The fourth-order valence-electron chi connectivity index (χ4n) is 10.2. The molecule has 2 heterocycles. The first kappa shape index (κ1) is 43.1. The van der Waals surface area contributed by atoms with Crippen molar-refractivity contribution in [3.8, 4) is 0 Å². The number of rotatable bonds is 14. The molecule has 0 aromatic rings. The molecule has 9 nitrogen and oxygen atoms in total. The molecule has 0 bridgehead atoms. The van der Waals surface area contributed by atoms with E-state index in [0.717, 1.165) is 83.1 Å². The molecule has 0 spiro atoms. The number of unbranched alkanes of at least 4 members (excludes halogenated alkanes) is 2. The van der Waals surface area contributed by atoms with Gasteiger partial charge >= 0.3 is 0 Å². The van der Waals surface area contributed by atoms with Crippen LogP contribution in [0.2, 0.25) is 0 Å². The third kappa shape index (κ3) is 11.2. The van der Waals surface area contributed by atoms with Crippen LogP contribution in [-0.4, -0.2) is 91.3 Å². The first-order valence-corrected chi connectivity index (χ1v) is 21.5. The van der Waals surface area contributed by atoms with E-state index in [-0.39, 0.29) is 34.2 Å². The lowest BCUT2D eigenvalue weighted by atomic mass is 9.78. The summed E-state index contributed by atoms with van der Waals surface area (Å²) in [7, 11) is 0. The van der Waals surface area contributed by atoms with Gasteiger partial charge in [-0.2, -0.15) is 15.1 Å². The molecule has 4 rings (SSSR count). The minimum atomic E-state index is -0.157. The van der Waals surface area contributed by atoms with Gasteiger partial charge < -0.3 is 15.5 Å². The van der Waals surface area contributed by atoms with E-state index in [9.17, 15) is 0 Å². The average molecular weight is 728 g/mol. The van der Waals surface area contributed by atoms with Gasteiger partial charge in [0.25, 0.3) is 0 Å². The Bertz CT molecular complexity index is 1160. The van der Waals surface area contributed by atoms with E-state index in [0.29, 0.717) is 24.0 Å². The maximum absolute atomic E-state index is 6.89. The van der Waals surface area contributed by atoms with Crippen molar-refractivity contribution in [3.63, 3.8) is 0 Å². The molecule has 300 valence electrons. The number of guanidine groups is 1. The molecule has 2 saturated carbocycles. The molecular formula is C43H81N7O2. The number of hydrogen-bond acceptors (Lipinski definition) is 6. The zero-order chi connectivity index (χ0) is 38.3. The number of amidine groups is 1. The summed E-state index contributed by atoms with van der Waals surface area (Å²) in [6.07, 6.45) is 21.3. The Morgan fingerprint density at radius 3 is 1.37 bits per heavy atom. The van der Waals surface area contributed by atoms with E-state index >= 15 is 0 Å². The van der Waals surface area contributed by atoms with Crippen molar-refractivity contribution < 1.29 is 9.68 Å². The Morgan fingerprint density at radius 1 is 0.635 bits per heavy atom. The average Bonchev–Trinajstić information content (AvgIpc) is 3.05. The predicted molar refractivity (Wildman–Crippen MR) is 219 cm³/mol. The normalized spacial score (nSPS) is 25.7. The van der Waals surface area contributed by atoms with Gasteiger partial charge in [-0.1, -0.05) is 71.8 Å². The SMILES string of the molecule is C=C(/N=C(\N=C(\C)N)N(CCCC)C1CC(C)(C)N(OC2CCCCC2)C(C)(C)C1)N(CCCC)C1CC(C)(C)N(OC2CCCCC2)C(C)(C)C1. The van der Waals surface area contributed by atoms with Crippen molar-refractivity contribution in [1.29, 1.82) is 0 Å². The van der Waals surface area contributed by atoms with Crippen LogP contribution in [0, 0.1) is 0 Å². The van der Waals surface area contributed by atoms with Crippen LogP contribution in [0.5, 0.6) is 0 Å². The highest BCUT2D eigenvalue weighted by molar-refractivity contribution is 5.94. The maximum atomic E-state index is 6.89. The van der Waals surface area contributed by atoms with Gasteiger partial charge in [0.05, 0.1) is 18.0 Å². The number of piperidine rings is 2. The first-order valence-electron chi connectivity index (χ1n) is 21.5. The summed E-state index contributed by atoms with van der Waals surface area (Å²) in [6, 6.07) is 0.518. The van der Waals surface area contributed by atoms with Crippen LogP contribution in [0.15, 0.2) is 22.4 Å². The fraction of sp³-hybridized carbons (Fsp3) is 0.907. The quantitative estimate of drug-likeness (QED) is 0.141. The molecule has 2 aliphatic carbocycles. The number of aliphatic imine (C=N–C) groups is 2. The summed E-state index contributed by atoms with van der Waals surface area (Å²) in [6.45, 7) is 31.8. The summed E-state index contributed by atoms with van der Waals surface area (Å²) in [4.78, 5) is 29.1. The highest BCUT2D eigenvalue weighted by atomic mass is 16.7. The Balaban J connectivity index is 1.63. The molecular weight excluding hydrogens is 647 g/mol. The van der Waals surface area contributed by atoms with Gasteiger partial charge in [-0.25, -0.2) is 4.99 Å². The number of nitrogens with zero attached hydrogens (tertiary/aromatic N) is 6. The summed E-state index contributed by atoms with van der Waals surface area (Å²) < 4.78 is 0. The van der Waals surface area contributed by atoms with Crippen molar-refractivity contribution >= 4 is 11.8 Å². The molecule has 2 aliphatic heterocycles. The fourth-order valence-corrected chi connectivity index (χ4v) is 10.2. The molecule has 2 N–H and O–H groups in total. The van der Waals surface area contributed by atoms with Crippen molar-refractivity contribution in [1.82, 2.24) is 19.9 Å². The summed E-state index contributed by atoms with van der Waals surface area (Å²) in [5.74, 6) is 2.03. The van der Waals surface area contributed by atoms with Crippen molar-refractivity contribution in [2.75, 3.05) is 13.1 Å². The van der Waals surface area contributed by atoms with Crippen molar-refractivity contribution in [3.05, 3.63) is 12.4 Å². The van der Waals surface area contributed by atoms with Gasteiger partial charge in [0.1, 0.15) is 5.82 Å². The Hall–Kier alpha value is -1.68. The van der Waals surface area contributed by atoms with E-state index in [2.05, 4.69) is 89.2 Å². The molecule has 4 aliphatic rings. The summed E-state index contributed by atoms with van der Waals surface area (Å²) >= 11 is 0. The third-order valence-electron chi connectivity index (χ3n) is 12.2. The van der Waals surface area contributed by atoms with Crippen LogP contribution in [0.4, 0.5) is 0 Å². The van der Waals surface area contributed by atoms with Crippen LogP contribution >= 0.6 is 0 Å². The molecule has 2 saturated heterocycles. The summed E-state index contributed by atoms with van der Waals surface area (Å²) in [5, 5.41) is 4.72. The van der Waals surface area contributed by atoms with E-state index in [1.807, 2.05) is 6.92 Å². The monoisotopic (exact) mass is 728 g/mol. The zero-order valence-corrected chi connectivity index (χ0v) is 35.7. The highest BCUT2D eigenvalue weighted by Crippen LogP contribution is 2.44. The second-order valence-electron chi connectivity index (χ2n) is 19.4. The van der Waals surface area contributed by atoms with Gasteiger partial charge in [-0.05, 0) is 127 Å². The lowest BCUT2D eigenvalue weighted by Gasteiger charge is -2.57. The predicted octanol–water partition coefficient (Wildman–Crippen LogP) is 9.97. The van der Waals surface area contributed by atoms with Gasteiger partial charge in [0.2, 0.25) is 5.96 Å². The van der Waals surface area contributed by atoms with Crippen LogP contribution in [0.25, 0.3) is 0 Å². The molecule has 0 atom stereocenters. The first-order chi connectivity index (χ1) is 24.4. The van der Waals surface area contributed by atoms with E-state index in [4.69, 9.17) is 32.0 Å². The minimum Gasteiger partial charge on any atom is -0.387 e. The lowest BCUT2D eigenvalue weighted by molar-refractivity contribution is -0.313. The second-order valence-corrected chi connectivity index (χ2v) is 19.4. The van der Waals surface area contributed by atoms with Gasteiger partial charge in [0.15, 0.2) is 0 Å². The smallest absolute Gasteiger partial charge is 0.229 e. The standard InChI is InChI=1S/C43H81N7O2/c1-13-15-27-47(35-29-40(5,6)49(41(7,8)30-35)51-37-23-19-17-20-24-37)34(4)46-39(45-33(3)44)48(28-16-14-2)36-31-42(9,10)50(43(11,12)32-36)52-38-25-21-18-22-26-38/h35-38H,4,13-32H2,1-3,5-12H3,(H2,44,45,46). The third-order valence-corrected chi connectivity index (χ3v) is 12.2. The largest absolute Gasteiger partial charge is 0.387 e. The summed E-state index contributed by atoms with van der Waals surface area (Å²) in [5.41, 5.74) is 5.83. The second kappa shape index (κ2) is 18.3. The molecule has 52 heavy (non-hydrogen) atoms. The lowest BCUT2D eigenvalue weighted by Crippen LogP contribution is -2.65. The topological polar surface area (TPSA) is 82.2 Å². The molecule has 0 aromatic carbocycles.